The van der Waals surface area contributed by atoms with Crippen LogP contribution in [0, 0.1) is 0 Å². The molecule has 0 saturated heterocycles. The molecule has 0 radical (unpaired) electrons. The monoisotopic (exact) mass is 239 g/mol. The summed E-state index contributed by atoms with van der Waals surface area (Å²) in [5.41, 5.74) is 2.18. The van der Waals surface area contributed by atoms with Crippen LogP contribution in [0.1, 0.15) is 0 Å². The average molecular weight is 240 g/mol. The van der Waals surface area contributed by atoms with Crippen molar-refractivity contribution in [2.45, 2.75) is 0 Å². The Morgan fingerprint density at radius 3 is 2.67 bits per heavy atom. The number of nitrogens with zero attached hydrogens (tertiary/aromatic N) is 3. The van der Waals surface area contributed by atoms with E-state index in [0.717, 1.165) is 16.3 Å². The maximum Gasteiger partial charge on any atom is 0.207 e. The third-order valence-corrected chi connectivity index (χ3v) is 3.08. The lowest BCUT2D eigenvalue weighted by Crippen LogP contribution is -2.08. The smallest absolute Gasteiger partial charge is 0.207 e. The van der Waals surface area contributed by atoms with Gasteiger partial charge in [0.05, 0.1) is 0 Å². The lowest BCUT2D eigenvalue weighted by Gasteiger charge is -2.12. The van der Waals surface area contributed by atoms with E-state index in [4.69, 9.17) is 11.6 Å². The minimum absolute atomic E-state index is 0.472. The second-order valence-electron chi connectivity index (χ2n) is 3.30. The number of halogens is 1. The van der Waals surface area contributed by atoms with E-state index in [-0.39, 0.29) is 0 Å². The van der Waals surface area contributed by atoms with Crippen molar-refractivity contribution >= 4 is 28.6 Å². The Hall–Kier alpha value is -1.13. The first kappa shape index (κ1) is 10.4. The fraction of sp³-hybridized carbons (Fsp3) is 0.200. The number of benzene rings is 1. The Labute approximate surface area is 97.3 Å². The van der Waals surface area contributed by atoms with Gasteiger partial charge in [0.1, 0.15) is 5.01 Å². The zero-order valence-electron chi connectivity index (χ0n) is 8.44. The first-order chi connectivity index (χ1) is 7.16. The SMILES string of the molecule is CN(C)c1cccc(-c2nnc(Cl)s2)c1. The molecule has 1 aromatic carbocycles. The molecule has 5 heteroatoms. The predicted molar refractivity (Wildman–Crippen MR) is 64.7 cm³/mol. The van der Waals surface area contributed by atoms with Crippen LogP contribution in [0.4, 0.5) is 5.69 Å². The molecule has 0 aliphatic heterocycles. The summed E-state index contributed by atoms with van der Waals surface area (Å²) < 4.78 is 0.472. The van der Waals surface area contributed by atoms with Crippen molar-refractivity contribution in [2.24, 2.45) is 0 Å². The maximum absolute atomic E-state index is 5.75. The Bertz CT molecular complexity index is 467. The molecule has 15 heavy (non-hydrogen) atoms. The molecule has 78 valence electrons. The fourth-order valence-electron chi connectivity index (χ4n) is 1.24. The van der Waals surface area contributed by atoms with Gasteiger partial charge in [0.15, 0.2) is 0 Å². The van der Waals surface area contributed by atoms with Crippen molar-refractivity contribution in [3.05, 3.63) is 28.7 Å². The van der Waals surface area contributed by atoms with Gasteiger partial charge >= 0.3 is 0 Å². The summed E-state index contributed by atoms with van der Waals surface area (Å²) in [4.78, 5) is 2.05. The maximum atomic E-state index is 5.75. The predicted octanol–water partition coefficient (Wildman–Crippen LogP) is 2.92. The Morgan fingerprint density at radius 2 is 2.07 bits per heavy atom. The van der Waals surface area contributed by atoms with Gasteiger partial charge in [0.25, 0.3) is 0 Å². The molecule has 0 saturated carbocycles. The lowest BCUT2D eigenvalue weighted by atomic mass is 10.2. The van der Waals surface area contributed by atoms with Gasteiger partial charge in [-0.15, -0.1) is 10.2 Å². The summed E-state index contributed by atoms with van der Waals surface area (Å²) in [7, 11) is 4.01. The molecule has 3 nitrogen and oxygen atoms in total. The van der Waals surface area contributed by atoms with Crippen LogP contribution in [-0.4, -0.2) is 24.3 Å². The first-order valence-electron chi connectivity index (χ1n) is 4.43. The van der Waals surface area contributed by atoms with E-state index in [0.29, 0.717) is 4.47 Å². The molecule has 0 aliphatic carbocycles. The quantitative estimate of drug-likeness (QED) is 0.807. The molecule has 0 amide bonds. The van der Waals surface area contributed by atoms with Crippen molar-refractivity contribution < 1.29 is 0 Å². The highest BCUT2D eigenvalue weighted by Gasteiger charge is 2.05. The molecule has 1 aromatic heterocycles. The largest absolute Gasteiger partial charge is 0.378 e. The van der Waals surface area contributed by atoms with Crippen LogP contribution in [0.3, 0.4) is 0 Å². The molecule has 2 aromatic rings. The van der Waals surface area contributed by atoms with Crippen molar-refractivity contribution in [3.63, 3.8) is 0 Å². The normalized spacial score (nSPS) is 10.3. The molecular formula is C10H10ClN3S. The van der Waals surface area contributed by atoms with Crippen molar-refractivity contribution in [1.29, 1.82) is 0 Å². The molecule has 0 fully saturated rings. The highest BCUT2D eigenvalue weighted by molar-refractivity contribution is 7.18. The van der Waals surface area contributed by atoms with Gasteiger partial charge in [0.2, 0.25) is 4.47 Å². The summed E-state index contributed by atoms with van der Waals surface area (Å²) in [5, 5.41) is 8.64. The summed E-state index contributed by atoms with van der Waals surface area (Å²) in [5.74, 6) is 0. The van der Waals surface area contributed by atoms with Crippen molar-refractivity contribution in [1.82, 2.24) is 10.2 Å². The van der Waals surface area contributed by atoms with Crippen LogP contribution in [0.5, 0.6) is 0 Å². The zero-order chi connectivity index (χ0) is 10.8. The van der Waals surface area contributed by atoms with Gasteiger partial charge in [-0.1, -0.05) is 23.5 Å². The third kappa shape index (κ3) is 2.27. The average Bonchev–Trinajstić information content (AvgIpc) is 2.65. The van der Waals surface area contributed by atoms with Crippen LogP contribution in [0.25, 0.3) is 10.6 Å². The fourth-order valence-corrected chi connectivity index (χ4v) is 2.06. The molecule has 2 rings (SSSR count). The molecule has 1 heterocycles. The van der Waals surface area contributed by atoms with Crippen LogP contribution >= 0.6 is 22.9 Å². The highest BCUT2D eigenvalue weighted by atomic mass is 35.5. The summed E-state index contributed by atoms with van der Waals surface area (Å²) in [6.45, 7) is 0. The van der Waals surface area contributed by atoms with Gasteiger partial charge in [-0.3, -0.25) is 0 Å². The van der Waals surface area contributed by atoms with Gasteiger partial charge in [0, 0.05) is 25.3 Å². The molecule has 0 atom stereocenters. The van der Waals surface area contributed by atoms with Gasteiger partial charge in [-0.2, -0.15) is 0 Å². The van der Waals surface area contributed by atoms with Crippen LogP contribution in [0.15, 0.2) is 24.3 Å². The Morgan fingerprint density at radius 1 is 1.27 bits per heavy atom. The Kier molecular flexibility index (Phi) is 2.88. The summed E-state index contributed by atoms with van der Waals surface area (Å²) in [6, 6.07) is 8.12. The van der Waals surface area contributed by atoms with E-state index >= 15 is 0 Å². The van der Waals surface area contributed by atoms with Gasteiger partial charge < -0.3 is 4.90 Å². The minimum atomic E-state index is 0.472. The highest BCUT2D eigenvalue weighted by Crippen LogP contribution is 2.28. The molecule has 0 N–H and O–H groups in total. The van der Waals surface area contributed by atoms with Crippen LogP contribution in [-0.2, 0) is 0 Å². The molecular weight excluding hydrogens is 230 g/mol. The Balaban J connectivity index is 2.41. The lowest BCUT2D eigenvalue weighted by molar-refractivity contribution is 1.09. The zero-order valence-corrected chi connectivity index (χ0v) is 10.0. The van der Waals surface area contributed by atoms with E-state index in [2.05, 4.69) is 16.3 Å². The van der Waals surface area contributed by atoms with E-state index < -0.39 is 0 Å². The summed E-state index contributed by atoms with van der Waals surface area (Å²) in [6.07, 6.45) is 0. The van der Waals surface area contributed by atoms with E-state index in [9.17, 15) is 0 Å². The van der Waals surface area contributed by atoms with Crippen molar-refractivity contribution in [2.75, 3.05) is 19.0 Å². The van der Waals surface area contributed by atoms with E-state index in [1.165, 1.54) is 11.3 Å². The van der Waals surface area contributed by atoms with Crippen LogP contribution in [0.2, 0.25) is 4.47 Å². The van der Waals surface area contributed by atoms with E-state index in [1.54, 1.807) is 0 Å². The number of hydrogen-bond donors (Lipinski definition) is 0. The summed E-state index contributed by atoms with van der Waals surface area (Å²) >= 11 is 7.13. The van der Waals surface area contributed by atoms with E-state index in [1.807, 2.05) is 37.2 Å². The molecule has 0 bridgehead atoms. The topological polar surface area (TPSA) is 29.0 Å². The number of rotatable bonds is 2. The standard InChI is InChI=1S/C10H10ClN3S/c1-14(2)8-5-3-4-7(6-8)9-12-13-10(11)15-9/h3-6H,1-2H3. The third-order valence-electron chi connectivity index (χ3n) is 2.01. The minimum Gasteiger partial charge on any atom is -0.378 e. The number of hydrogen-bond acceptors (Lipinski definition) is 4. The first-order valence-corrected chi connectivity index (χ1v) is 5.63. The van der Waals surface area contributed by atoms with Gasteiger partial charge in [-0.05, 0) is 23.7 Å². The second-order valence-corrected chi connectivity index (χ2v) is 4.86. The number of anilines is 1. The van der Waals surface area contributed by atoms with Crippen LogP contribution < -0.4 is 4.90 Å². The van der Waals surface area contributed by atoms with Crippen molar-refractivity contribution in [3.8, 4) is 10.6 Å². The van der Waals surface area contributed by atoms with Gasteiger partial charge in [-0.25, -0.2) is 0 Å². The molecule has 0 spiro atoms. The molecule has 0 unspecified atom stereocenters. The second kappa shape index (κ2) is 4.16. The number of aromatic nitrogens is 2. The molecule has 0 aliphatic rings.